The molecule has 7 nitrogen and oxygen atoms in total. The third kappa shape index (κ3) is 3.71. The molecule has 0 bridgehead atoms. The highest BCUT2D eigenvalue weighted by atomic mass is 32.1. The molecule has 150 valence electrons. The van der Waals surface area contributed by atoms with Crippen LogP contribution in [0.3, 0.4) is 0 Å². The summed E-state index contributed by atoms with van der Waals surface area (Å²) in [4.78, 5) is 17.5. The van der Waals surface area contributed by atoms with Crippen molar-refractivity contribution in [2.24, 2.45) is 0 Å². The van der Waals surface area contributed by atoms with E-state index in [0.717, 1.165) is 62.6 Å². The Morgan fingerprint density at radius 2 is 1.93 bits per heavy atom. The maximum atomic E-state index is 13.3. The highest BCUT2D eigenvalue weighted by Crippen LogP contribution is 2.29. The van der Waals surface area contributed by atoms with Gasteiger partial charge in [0, 0.05) is 44.3 Å². The number of amides is 1. The molecule has 1 aromatic carbocycles. The normalized spacial score (nSPS) is 18.5. The number of benzene rings is 1. The fraction of sp³-hybridized carbons (Fsp3) is 0.550. The molecule has 0 spiro atoms. The Labute approximate surface area is 170 Å². The number of nitrogens with one attached hydrogen (secondary N) is 1. The van der Waals surface area contributed by atoms with Crippen molar-refractivity contribution in [3.63, 3.8) is 0 Å². The van der Waals surface area contributed by atoms with Gasteiger partial charge in [0.1, 0.15) is 5.82 Å². The summed E-state index contributed by atoms with van der Waals surface area (Å²) >= 11 is 5.31. The molecule has 1 aromatic heterocycles. The van der Waals surface area contributed by atoms with Gasteiger partial charge in [0.2, 0.25) is 0 Å². The van der Waals surface area contributed by atoms with Gasteiger partial charge >= 0.3 is 0 Å². The van der Waals surface area contributed by atoms with Crippen molar-refractivity contribution >= 4 is 23.8 Å². The first kappa shape index (κ1) is 19.1. The summed E-state index contributed by atoms with van der Waals surface area (Å²) in [7, 11) is 0. The number of aromatic nitrogens is 3. The SMILES string of the molecule is CCn1c(C2CCN(C(=O)c3ccccc3N3CCOCC3)CC2)n[nH]c1=S. The van der Waals surface area contributed by atoms with Crippen molar-refractivity contribution in [2.75, 3.05) is 44.3 Å². The average Bonchev–Trinajstić information content (AvgIpc) is 3.14. The number of nitrogens with zero attached hydrogens (tertiary/aromatic N) is 4. The number of para-hydroxylation sites is 1. The second kappa shape index (κ2) is 8.45. The number of piperidine rings is 1. The maximum absolute atomic E-state index is 13.3. The Bertz CT molecular complexity index is 879. The van der Waals surface area contributed by atoms with Gasteiger partial charge in [0.25, 0.3) is 5.91 Å². The minimum Gasteiger partial charge on any atom is -0.378 e. The molecule has 0 saturated carbocycles. The molecule has 0 atom stereocenters. The van der Waals surface area contributed by atoms with Crippen molar-refractivity contribution in [3.05, 3.63) is 40.4 Å². The number of aromatic amines is 1. The van der Waals surface area contributed by atoms with Crippen LogP contribution in [0.25, 0.3) is 0 Å². The van der Waals surface area contributed by atoms with Gasteiger partial charge in [0.15, 0.2) is 4.77 Å². The smallest absolute Gasteiger partial charge is 0.255 e. The van der Waals surface area contributed by atoms with Gasteiger partial charge in [-0.1, -0.05) is 12.1 Å². The van der Waals surface area contributed by atoms with Gasteiger partial charge in [-0.3, -0.25) is 9.89 Å². The van der Waals surface area contributed by atoms with Crippen molar-refractivity contribution < 1.29 is 9.53 Å². The van der Waals surface area contributed by atoms with E-state index in [-0.39, 0.29) is 5.91 Å². The van der Waals surface area contributed by atoms with Crippen LogP contribution in [0.4, 0.5) is 5.69 Å². The van der Waals surface area contributed by atoms with Crippen LogP contribution in [0.2, 0.25) is 0 Å². The summed E-state index contributed by atoms with van der Waals surface area (Å²) < 4.78 is 8.19. The standard InChI is InChI=1S/C20H27N5O2S/c1-2-25-18(21-22-20(25)28)15-7-9-24(10-8-15)19(26)16-5-3-4-6-17(16)23-11-13-27-14-12-23/h3-6,15H,2,7-14H2,1H3,(H,22,28). The van der Waals surface area contributed by atoms with E-state index in [4.69, 9.17) is 17.0 Å². The lowest BCUT2D eigenvalue weighted by Gasteiger charge is -2.34. The minimum absolute atomic E-state index is 0.120. The summed E-state index contributed by atoms with van der Waals surface area (Å²) in [6.45, 7) is 7.44. The van der Waals surface area contributed by atoms with E-state index in [1.165, 1.54) is 0 Å². The second-order valence-electron chi connectivity index (χ2n) is 7.31. The van der Waals surface area contributed by atoms with Crippen LogP contribution in [0.5, 0.6) is 0 Å². The van der Waals surface area contributed by atoms with Gasteiger partial charge in [0.05, 0.1) is 18.8 Å². The Balaban J connectivity index is 1.47. The van der Waals surface area contributed by atoms with E-state index in [1.54, 1.807) is 0 Å². The topological polar surface area (TPSA) is 66.4 Å². The number of anilines is 1. The third-order valence-electron chi connectivity index (χ3n) is 5.74. The van der Waals surface area contributed by atoms with Crippen LogP contribution < -0.4 is 4.90 Å². The van der Waals surface area contributed by atoms with Gasteiger partial charge in [-0.2, -0.15) is 5.10 Å². The van der Waals surface area contributed by atoms with Crippen LogP contribution >= 0.6 is 12.2 Å². The molecule has 2 fully saturated rings. The molecule has 1 N–H and O–H groups in total. The van der Waals surface area contributed by atoms with Gasteiger partial charge in [-0.15, -0.1) is 0 Å². The summed E-state index contributed by atoms with van der Waals surface area (Å²) in [6, 6.07) is 7.94. The average molecular weight is 402 g/mol. The molecule has 0 radical (unpaired) electrons. The van der Waals surface area contributed by atoms with E-state index >= 15 is 0 Å². The number of ether oxygens (including phenoxy) is 1. The number of carbonyl (C=O) groups excluding carboxylic acids is 1. The minimum atomic E-state index is 0.120. The highest BCUT2D eigenvalue weighted by molar-refractivity contribution is 7.71. The zero-order chi connectivity index (χ0) is 19.5. The van der Waals surface area contributed by atoms with Crippen molar-refractivity contribution in [3.8, 4) is 0 Å². The van der Waals surface area contributed by atoms with Gasteiger partial charge in [-0.25, -0.2) is 0 Å². The predicted octanol–water partition coefficient (Wildman–Crippen LogP) is 2.82. The van der Waals surface area contributed by atoms with Crippen molar-refractivity contribution in [1.29, 1.82) is 0 Å². The number of hydrogen-bond donors (Lipinski definition) is 1. The Morgan fingerprint density at radius 1 is 1.21 bits per heavy atom. The molecule has 8 heteroatoms. The maximum Gasteiger partial charge on any atom is 0.255 e. The summed E-state index contributed by atoms with van der Waals surface area (Å²) in [5.41, 5.74) is 1.81. The zero-order valence-electron chi connectivity index (χ0n) is 16.3. The molecule has 2 aliphatic rings. The quantitative estimate of drug-likeness (QED) is 0.798. The molecule has 2 aromatic rings. The lowest BCUT2D eigenvalue weighted by molar-refractivity contribution is 0.0709. The first-order valence-electron chi connectivity index (χ1n) is 10.0. The number of morpholine rings is 1. The molecule has 2 aliphatic heterocycles. The van der Waals surface area contributed by atoms with Crippen LogP contribution in [0, 0.1) is 4.77 Å². The predicted molar refractivity (Wildman–Crippen MR) is 110 cm³/mol. The van der Waals surface area contributed by atoms with Gasteiger partial charge < -0.3 is 19.1 Å². The summed E-state index contributed by atoms with van der Waals surface area (Å²) in [5.74, 6) is 1.48. The molecule has 0 aliphatic carbocycles. The van der Waals surface area contributed by atoms with E-state index in [0.29, 0.717) is 23.9 Å². The Morgan fingerprint density at radius 3 is 2.64 bits per heavy atom. The molecule has 3 heterocycles. The monoisotopic (exact) mass is 401 g/mol. The van der Waals surface area contributed by atoms with E-state index < -0.39 is 0 Å². The second-order valence-corrected chi connectivity index (χ2v) is 7.70. The number of hydrogen-bond acceptors (Lipinski definition) is 5. The Kier molecular flexibility index (Phi) is 5.77. The van der Waals surface area contributed by atoms with E-state index in [2.05, 4.69) is 26.6 Å². The largest absolute Gasteiger partial charge is 0.378 e. The molecule has 2 saturated heterocycles. The summed E-state index contributed by atoms with van der Waals surface area (Å²) in [5, 5.41) is 7.35. The summed E-state index contributed by atoms with van der Waals surface area (Å²) in [6.07, 6.45) is 1.82. The third-order valence-corrected chi connectivity index (χ3v) is 6.05. The van der Waals surface area contributed by atoms with Gasteiger partial charge in [-0.05, 0) is 44.1 Å². The molecule has 4 rings (SSSR count). The van der Waals surface area contributed by atoms with Crippen LogP contribution in [0.15, 0.2) is 24.3 Å². The fourth-order valence-electron chi connectivity index (χ4n) is 4.19. The first-order valence-corrected chi connectivity index (χ1v) is 10.5. The molecular formula is C20H27N5O2S. The molecule has 28 heavy (non-hydrogen) atoms. The highest BCUT2D eigenvalue weighted by Gasteiger charge is 2.29. The lowest BCUT2D eigenvalue weighted by atomic mass is 9.95. The van der Waals surface area contributed by atoms with Crippen LogP contribution in [-0.2, 0) is 11.3 Å². The lowest BCUT2D eigenvalue weighted by Crippen LogP contribution is -2.41. The molecular weight excluding hydrogens is 374 g/mol. The number of carbonyl (C=O) groups is 1. The Hall–Kier alpha value is -2.19. The number of H-pyrrole nitrogens is 1. The van der Waals surface area contributed by atoms with Crippen LogP contribution in [0.1, 0.15) is 41.9 Å². The van der Waals surface area contributed by atoms with E-state index in [1.807, 2.05) is 29.2 Å². The number of likely N-dealkylation sites (tertiary alicyclic amines) is 1. The zero-order valence-corrected chi connectivity index (χ0v) is 17.1. The first-order chi connectivity index (χ1) is 13.7. The number of rotatable bonds is 4. The molecule has 1 amide bonds. The fourth-order valence-corrected chi connectivity index (χ4v) is 4.46. The van der Waals surface area contributed by atoms with E-state index in [9.17, 15) is 4.79 Å². The van der Waals surface area contributed by atoms with Crippen molar-refractivity contribution in [2.45, 2.75) is 32.2 Å². The molecule has 0 unspecified atom stereocenters. The van der Waals surface area contributed by atoms with Crippen LogP contribution in [-0.4, -0.2) is 65.0 Å². The van der Waals surface area contributed by atoms with Crippen molar-refractivity contribution in [1.82, 2.24) is 19.7 Å².